The summed E-state index contributed by atoms with van der Waals surface area (Å²) < 4.78 is 0. The molecule has 1 atom stereocenters. The van der Waals surface area contributed by atoms with E-state index >= 15 is 0 Å². The van der Waals surface area contributed by atoms with Gasteiger partial charge >= 0.3 is 0 Å². The van der Waals surface area contributed by atoms with Gasteiger partial charge in [-0.05, 0) is 11.6 Å². The Morgan fingerprint density at radius 2 is 1.90 bits per heavy atom. The van der Waals surface area contributed by atoms with Crippen LogP contribution in [0.4, 0.5) is 0 Å². The van der Waals surface area contributed by atoms with Crippen molar-refractivity contribution in [1.29, 1.82) is 0 Å². The van der Waals surface area contributed by atoms with Gasteiger partial charge in [-0.25, -0.2) is 0 Å². The van der Waals surface area contributed by atoms with E-state index in [4.69, 9.17) is 11.6 Å². The predicted octanol–water partition coefficient (Wildman–Crippen LogP) is 2.73. The predicted molar refractivity (Wildman–Crippen MR) is 86.8 cm³/mol. The first-order valence-electron chi connectivity index (χ1n) is 6.86. The molecule has 2 rings (SSSR count). The first-order valence-corrected chi connectivity index (χ1v) is 7.24. The van der Waals surface area contributed by atoms with E-state index in [1.165, 1.54) is 0 Å². The van der Waals surface area contributed by atoms with Gasteiger partial charge in [-0.15, -0.1) is 12.4 Å². The number of piperazine rings is 1. The second-order valence-electron chi connectivity index (χ2n) is 5.86. The third-order valence-corrected chi connectivity index (χ3v) is 4.21. The van der Waals surface area contributed by atoms with E-state index in [1.54, 1.807) is 0 Å². The van der Waals surface area contributed by atoms with Crippen LogP contribution in [0.1, 0.15) is 25.5 Å². The van der Waals surface area contributed by atoms with Gasteiger partial charge in [-0.3, -0.25) is 4.90 Å². The molecule has 114 valence electrons. The fourth-order valence-electron chi connectivity index (χ4n) is 2.84. The Labute approximate surface area is 132 Å². The van der Waals surface area contributed by atoms with Crippen molar-refractivity contribution in [3.05, 3.63) is 34.9 Å². The fraction of sp³-hybridized carbons (Fsp3) is 0.600. The number of rotatable bonds is 4. The molecule has 0 radical (unpaired) electrons. The topological polar surface area (TPSA) is 35.5 Å². The van der Waals surface area contributed by atoms with Crippen molar-refractivity contribution in [3.8, 4) is 0 Å². The number of halogens is 2. The third kappa shape index (κ3) is 3.86. The van der Waals surface area contributed by atoms with Crippen LogP contribution < -0.4 is 5.32 Å². The number of hydrogen-bond donors (Lipinski definition) is 2. The van der Waals surface area contributed by atoms with Gasteiger partial charge in [0.25, 0.3) is 0 Å². The van der Waals surface area contributed by atoms with E-state index in [-0.39, 0.29) is 30.5 Å². The number of aliphatic hydroxyl groups is 1. The first-order chi connectivity index (χ1) is 9.06. The van der Waals surface area contributed by atoms with Crippen molar-refractivity contribution in [2.24, 2.45) is 5.41 Å². The lowest BCUT2D eigenvalue weighted by Crippen LogP contribution is -2.49. The van der Waals surface area contributed by atoms with Crippen LogP contribution in [0.5, 0.6) is 0 Å². The minimum atomic E-state index is -0.220. The van der Waals surface area contributed by atoms with Crippen molar-refractivity contribution in [1.82, 2.24) is 10.2 Å². The highest BCUT2D eigenvalue weighted by Crippen LogP contribution is 2.40. The summed E-state index contributed by atoms with van der Waals surface area (Å²) in [7, 11) is 0. The van der Waals surface area contributed by atoms with Crippen molar-refractivity contribution in [2.45, 2.75) is 19.9 Å². The zero-order valence-corrected chi connectivity index (χ0v) is 13.7. The van der Waals surface area contributed by atoms with Gasteiger partial charge in [-0.1, -0.05) is 43.6 Å². The normalized spacial score (nSPS) is 18.4. The maximum absolute atomic E-state index is 9.76. The molecular formula is C15H24Cl2N2O. The highest BCUT2D eigenvalue weighted by atomic mass is 35.5. The second-order valence-corrected chi connectivity index (χ2v) is 6.26. The summed E-state index contributed by atoms with van der Waals surface area (Å²) in [5.41, 5.74) is 0.896. The van der Waals surface area contributed by atoms with E-state index in [0.717, 1.165) is 36.8 Å². The smallest absolute Gasteiger partial charge is 0.0500 e. The molecule has 0 bridgehead atoms. The largest absolute Gasteiger partial charge is 0.396 e. The molecular weight excluding hydrogens is 295 g/mol. The van der Waals surface area contributed by atoms with E-state index < -0.39 is 0 Å². The van der Waals surface area contributed by atoms with Gasteiger partial charge in [0.1, 0.15) is 0 Å². The molecule has 0 amide bonds. The highest BCUT2D eigenvalue weighted by molar-refractivity contribution is 6.31. The summed E-state index contributed by atoms with van der Waals surface area (Å²) in [5, 5.41) is 13.9. The Balaban J connectivity index is 0.00000200. The summed E-state index contributed by atoms with van der Waals surface area (Å²) in [6, 6.07) is 8.12. The molecule has 1 aliphatic rings. The van der Waals surface area contributed by atoms with Crippen molar-refractivity contribution >= 4 is 24.0 Å². The molecule has 2 N–H and O–H groups in total. The van der Waals surface area contributed by atoms with Crippen LogP contribution in [0, 0.1) is 5.41 Å². The van der Waals surface area contributed by atoms with Gasteiger partial charge in [0, 0.05) is 49.3 Å². The van der Waals surface area contributed by atoms with Crippen LogP contribution in [0.15, 0.2) is 24.3 Å². The van der Waals surface area contributed by atoms with Gasteiger partial charge in [0.2, 0.25) is 0 Å². The van der Waals surface area contributed by atoms with Crippen molar-refractivity contribution < 1.29 is 5.11 Å². The van der Waals surface area contributed by atoms with Crippen LogP contribution in [-0.4, -0.2) is 42.8 Å². The summed E-state index contributed by atoms with van der Waals surface area (Å²) >= 11 is 6.38. The van der Waals surface area contributed by atoms with E-state index in [9.17, 15) is 5.11 Å². The third-order valence-electron chi connectivity index (χ3n) is 3.86. The lowest BCUT2D eigenvalue weighted by molar-refractivity contribution is 0.0306. The van der Waals surface area contributed by atoms with Gasteiger partial charge in [0.05, 0.1) is 0 Å². The average Bonchev–Trinajstić information content (AvgIpc) is 2.42. The molecule has 5 heteroatoms. The standard InChI is InChI=1S/C15H23ClN2O.ClH/c1-15(2,11-19)14(18-9-7-17-8-10-18)12-5-3-4-6-13(12)16;/h3-6,14,17,19H,7-11H2,1-2H3;1H/t14-;/m0./s1. The summed E-state index contributed by atoms with van der Waals surface area (Å²) in [4.78, 5) is 2.42. The minimum absolute atomic E-state index is 0. The Morgan fingerprint density at radius 1 is 1.30 bits per heavy atom. The minimum Gasteiger partial charge on any atom is -0.396 e. The zero-order chi connectivity index (χ0) is 13.9. The molecule has 1 heterocycles. The molecule has 0 spiro atoms. The first kappa shape index (κ1) is 17.7. The van der Waals surface area contributed by atoms with Crippen LogP contribution in [0.3, 0.4) is 0 Å². The number of benzene rings is 1. The van der Waals surface area contributed by atoms with E-state index in [2.05, 4.69) is 30.1 Å². The van der Waals surface area contributed by atoms with Crippen LogP contribution in [0.2, 0.25) is 5.02 Å². The molecule has 0 aliphatic carbocycles. The summed E-state index contributed by atoms with van der Waals surface area (Å²) in [6.45, 7) is 8.29. The molecule has 1 fully saturated rings. The van der Waals surface area contributed by atoms with Gasteiger partial charge < -0.3 is 10.4 Å². The monoisotopic (exact) mass is 318 g/mol. The van der Waals surface area contributed by atoms with Crippen LogP contribution >= 0.6 is 24.0 Å². The number of aliphatic hydroxyl groups excluding tert-OH is 1. The van der Waals surface area contributed by atoms with Crippen LogP contribution in [0.25, 0.3) is 0 Å². The molecule has 0 unspecified atom stereocenters. The molecule has 1 aliphatic heterocycles. The highest BCUT2D eigenvalue weighted by Gasteiger charge is 2.36. The van der Waals surface area contributed by atoms with E-state index in [0.29, 0.717) is 0 Å². The van der Waals surface area contributed by atoms with Crippen molar-refractivity contribution in [3.63, 3.8) is 0 Å². The maximum Gasteiger partial charge on any atom is 0.0500 e. The van der Waals surface area contributed by atoms with Gasteiger partial charge in [0.15, 0.2) is 0 Å². The number of hydrogen-bond acceptors (Lipinski definition) is 3. The fourth-order valence-corrected chi connectivity index (χ4v) is 3.07. The molecule has 20 heavy (non-hydrogen) atoms. The molecule has 1 aromatic rings. The SMILES string of the molecule is CC(C)(CO)[C@H](c1ccccc1Cl)N1CCNCC1.Cl. The quantitative estimate of drug-likeness (QED) is 0.896. The van der Waals surface area contributed by atoms with Crippen molar-refractivity contribution in [2.75, 3.05) is 32.8 Å². The number of nitrogens with one attached hydrogen (secondary N) is 1. The Kier molecular flexibility index (Phi) is 6.76. The Bertz CT molecular complexity index is 420. The zero-order valence-electron chi connectivity index (χ0n) is 12.1. The summed E-state index contributed by atoms with van der Waals surface area (Å²) in [6.07, 6.45) is 0. The second kappa shape index (κ2) is 7.62. The van der Waals surface area contributed by atoms with Crippen LogP contribution in [-0.2, 0) is 0 Å². The Morgan fingerprint density at radius 3 is 2.45 bits per heavy atom. The lowest BCUT2D eigenvalue weighted by atomic mass is 9.79. The van der Waals surface area contributed by atoms with Gasteiger partial charge in [-0.2, -0.15) is 0 Å². The maximum atomic E-state index is 9.76. The van der Waals surface area contributed by atoms with E-state index in [1.807, 2.05) is 18.2 Å². The average molecular weight is 319 g/mol. The Hall–Kier alpha value is -0.320. The lowest BCUT2D eigenvalue weighted by Gasteiger charge is -2.43. The molecule has 3 nitrogen and oxygen atoms in total. The molecule has 1 saturated heterocycles. The summed E-state index contributed by atoms with van der Waals surface area (Å²) in [5.74, 6) is 0. The number of nitrogens with zero attached hydrogens (tertiary/aromatic N) is 1. The molecule has 0 saturated carbocycles. The molecule has 0 aromatic heterocycles. The molecule has 1 aromatic carbocycles.